The second-order valence-electron chi connectivity index (χ2n) is 4.68. The monoisotopic (exact) mass is 316 g/mol. The van der Waals surface area contributed by atoms with Crippen molar-refractivity contribution in [1.82, 2.24) is 14.5 Å². The summed E-state index contributed by atoms with van der Waals surface area (Å²) >= 11 is 12.3. The second-order valence-corrected chi connectivity index (χ2v) is 5.42. The summed E-state index contributed by atoms with van der Waals surface area (Å²) in [6.45, 7) is 9.37. The molecule has 3 rings (SSSR count). The largest absolute Gasteiger partial charge is 0.309 e. The van der Waals surface area contributed by atoms with Crippen LogP contribution in [0, 0.1) is 13.5 Å². The van der Waals surface area contributed by atoms with Gasteiger partial charge in [-0.25, -0.2) is 9.83 Å². The maximum atomic E-state index is 6.93. The number of hydrogen-bond acceptors (Lipinski definition) is 2. The van der Waals surface area contributed by atoms with E-state index in [-0.39, 0.29) is 0 Å². The Bertz CT molecular complexity index is 860. The van der Waals surface area contributed by atoms with Crippen LogP contribution in [0.25, 0.3) is 15.9 Å². The maximum Gasteiger partial charge on any atom is 0.205 e. The molecule has 0 bridgehead atoms. The molecule has 0 saturated heterocycles. The number of pyridine rings is 1. The Morgan fingerprint density at radius 3 is 2.76 bits per heavy atom. The molecule has 0 spiro atoms. The minimum absolute atomic E-state index is 0.391. The third-order valence-corrected chi connectivity index (χ3v) is 3.94. The summed E-state index contributed by atoms with van der Waals surface area (Å²) in [4.78, 5) is 11.9. The molecule has 3 aromatic rings. The van der Waals surface area contributed by atoms with Gasteiger partial charge in [0.1, 0.15) is 0 Å². The Labute approximate surface area is 131 Å². The molecule has 0 unspecified atom stereocenters. The van der Waals surface area contributed by atoms with Crippen LogP contribution in [0.2, 0.25) is 10.3 Å². The van der Waals surface area contributed by atoms with E-state index in [4.69, 9.17) is 29.8 Å². The Morgan fingerprint density at radius 2 is 2.10 bits per heavy atom. The number of benzene rings is 1. The van der Waals surface area contributed by atoms with Crippen LogP contribution in [-0.4, -0.2) is 14.5 Å². The van der Waals surface area contributed by atoms with Crippen molar-refractivity contribution in [3.05, 3.63) is 63.4 Å². The molecule has 0 amide bonds. The fourth-order valence-corrected chi connectivity index (χ4v) is 2.51. The summed E-state index contributed by atoms with van der Waals surface area (Å²) in [6.07, 6.45) is 1.55. The molecule has 0 atom stereocenters. The van der Waals surface area contributed by atoms with Crippen LogP contribution >= 0.6 is 23.2 Å². The molecule has 104 valence electrons. The van der Waals surface area contributed by atoms with Crippen LogP contribution in [0.3, 0.4) is 0 Å². The van der Waals surface area contributed by atoms with E-state index in [1.807, 2.05) is 29.7 Å². The summed E-state index contributed by atoms with van der Waals surface area (Å²) in [5, 5.41) is 1.06. The Balaban J connectivity index is 2.05. The highest BCUT2D eigenvalue weighted by Gasteiger charge is 2.11. The topological polar surface area (TPSA) is 35.1 Å². The highest BCUT2D eigenvalue weighted by Crippen LogP contribution is 2.26. The lowest BCUT2D eigenvalue weighted by atomic mass is 10.2. The van der Waals surface area contributed by atoms with Gasteiger partial charge in [0.05, 0.1) is 29.8 Å². The number of imidazole rings is 1. The highest BCUT2D eigenvalue weighted by molar-refractivity contribution is 6.32. The molecular weight excluding hydrogens is 307 g/mol. The molecule has 1 aromatic carbocycles. The fraction of sp³-hybridized carbons (Fsp3) is 0.133. The lowest BCUT2D eigenvalue weighted by molar-refractivity contribution is 0.798. The van der Waals surface area contributed by atoms with Crippen molar-refractivity contribution < 1.29 is 0 Å². The van der Waals surface area contributed by atoms with Crippen molar-refractivity contribution in [2.45, 2.75) is 13.5 Å². The highest BCUT2D eigenvalue weighted by atomic mass is 35.5. The first-order valence-corrected chi connectivity index (χ1v) is 6.98. The summed E-state index contributed by atoms with van der Waals surface area (Å²) in [7, 11) is 0. The quantitative estimate of drug-likeness (QED) is 0.645. The summed E-state index contributed by atoms with van der Waals surface area (Å²) in [6, 6.07) is 7.33. The Morgan fingerprint density at radius 1 is 1.29 bits per heavy atom. The number of hydrogen-bond donors (Lipinski definition) is 0. The normalized spacial score (nSPS) is 10.8. The zero-order valence-corrected chi connectivity index (χ0v) is 12.7. The van der Waals surface area contributed by atoms with E-state index in [1.54, 1.807) is 12.3 Å². The third kappa shape index (κ3) is 2.58. The Kier molecular flexibility index (Phi) is 3.54. The first kappa shape index (κ1) is 13.9. The van der Waals surface area contributed by atoms with Gasteiger partial charge in [-0.05, 0) is 42.3 Å². The summed E-state index contributed by atoms with van der Waals surface area (Å²) in [5.74, 6) is 0. The van der Waals surface area contributed by atoms with Gasteiger partial charge in [-0.1, -0.05) is 17.7 Å². The molecule has 0 fully saturated rings. The molecule has 0 saturated carbocycles. The van der Waals surface area contributed by atoms with Gasteiger partial charge in [0.2, 0.25) is 11.0 Å². The molecular formula is C15H10Cl2N4. The van der Waals surface area contributed by atoms with E-state index in [2.05, 4.69) is 14.8 Å². The molecule has 0 aliphatic rings. The van der Waals surface area contributed by atoms with Gasteiger partial charge < -0.3 is 4.57 Å². The fourth-order valence-electron chi connectivity index (χ4n) is 2.11. The van der Waals surface area contributed by atoms with Crippen molar-refractivity contribution in [1.29, 1.82) is 0 Å². The third-order valence-electron chi connectivity index (χ3n) is 3.24. The van der Waals surface area contributed by atoms with Crippen LogP contribution < -0.4 is 0 Å². The number of rotatable bonds is 2. The standard InChI is InChI=1S/C15H10Cl2N4/c1-9-5-14-13(6-12(9)16)20-15(17)21(14)8-11-4-3-10(18-2)7-19-11/h3-7H,8H2,1H3. The van der Waals surface area contributed by atoms with Crippen molar-refractivity contribution in [3.63, 3.8) is 0 Å². The lowest BCUT2D eigenvalue weighted by Crippen LogP contribution is -2.01. The average Bonchev–Trinajstić information content (AvgIpc) is 2.76. The molecule has 0 aliphatic heterocycles. The predicted molar refractivity (Wildman–Crippen MR) is 84.1 cm³/mol. The SMILES string of the molecule is [C-]#[N+]c1ccc(Cn2c(Cl)nc3cc(Cl)c(C)cc32)nc1. The van der Waals surface area contributed by atoms with Gasteiger partial charge >= 0.3 is 0 Å². The second kappa shape index (κ2) is 5.36. The first-order valence-electron chi connectivity index (χ1n) is 6.23. The van der Waals surface area contributed by atoms with E-state index < -0.39 is 0 Å². The number of fused-ring (bicyclic) bond motifs is 1. The average molecular weight is 317 g/mol. The molecule has 21 heavy (non-hydrogen) atoms. The van der Waals surface area contributed by atoms with Gasteiger partial charge in [0, 0.05) is 11.2 Å². The van der Waals surface area contributed by atoms with Gasteiger partial charge in [0.15, 0.2) is 0 Å². The van der Waals surface area contributed by atoms with Gasteiger partial charge in [-0.3, -0.25) is 4.98 Å². The van der Waals surface area contributed by atoms with Crippen molar-refractivity contribution in [2.75, 3.05) is 0 Å². The molecule has 4 nitrogen and oxygen atoms in total. The van der Waals surface area contributed by atoms with Crippen LogP contribution in [0.5, 0.6) is 0 Å². The van der Waals surface area contributed by atoms with Crippen molar-refractivity contribution in [2.24, 2.45) is 0 Å². The van der Waals surface area contributed by atoms with Crippen LogP contribution in [0.4, 0.5) is 5.69 Å². The minimum Gasteiger partial charge on any atom is -0.309 e. The van der Waals surface area contributed by atoms with Crippen LogP contribution in [-0.2, 0) is 6.54 Å². The van der Waals surface area contributed by atoms with E-state index in [9.17, 15) is 0 Å². The zero-order valence-electron chi connectivity index (χ0n) is 11.1. The first-order chi connectivity index (χ1) is 10.1. The Hall–Kier alpha value is -2.09. The molecule has 0 N–H and O–H groups in total. The van der Waals surface area contributed by atoms with Crippen LogP contribution in [0.1, 0.15) is 11.3 Å². The van der Waals surface area contributed by atoms with Gasteiger partial charge in [0.25, 0.3) is 0 Å². The van der Waals surface area contributed by atoms with Crippen LogP contribution in [0.15, 0.2) is 30.5 Å². The van der Waals surface area contributed by atoms with Gasteiger partial charge in [-0.15, -0.1) is 0 Å². The maximum absolute atomic E-state index is 6.93. The van der Waals surface area contributed by atoms with E-state index >= 15 is 0 Å². The summed E-state index contributed by atoms with van der Waals surface area (Å²) < 4.78 is 1.88. The number of aromatic nitrogens is 3. The molecule has 2 aromatic heterocycles. The lowest BCUT2D eigenvalue weighted by Gasteiger charge is -2.06. The minimum atomic E-state index is 0.391. The number of aryl methyl sites for hydroxylation is 1. The summed E-state index contributed by atoms with van der Waals surface area (Å²) in [5.41, 5.74) is 3.98. The predicted octanol–water partition coefficient (Wildman–Crippen LogP) is 4.65. The van der Waals surface area contributed by atoms with Crippen molar-refractivity contribution in [3.8, 4) is 0 Å². The van der Waals surface area contributed by atoms with Gasteiger partial charge in [-0.2, -0.15) is 0 Å². The zero-order chi connectivity index (χ0) is 15.0. The van der Waals surface area contributed by atoms with E-state index in [1.165, 1.54) is 0 Å². The molecule has 0 aliphatic carbocycles. The molecule has 6 heteroatoms. The molecule has 0 radical (unpaired) electrons. The number of nitrogens with zero attached hydrogens (tertiary/aromatic N) is 4. The van der Waals surface area contributed by atoms with E-state index in [0.717, 1.165) is 22.3 Å². The smallest absolute Gasteiger partial charge is 0.205 e. The number of halogens is 2. The van der Waals surface area contributed by atoms with E-state index in [0.29, 0.717) is 22.5 Å². The molecule has 2 heterocycles. The van der Waals surface area contributed by atoms with Crippen molar-refractivity contribution >= 4 is 39.9 Å².